The first-order chi connectivity index (χ1) is 11.7. The van der Waals surface area contributed by atoms with Crippen LogP contribution >= 0.6 is 0 Å². The number of fused-ring (bicyclic) bond motifs is 1. The summed E-state index contributed by atoms with van der Waals surface area (Å²) in [5.41, 5.74) is 4.15. The van der Waals surface area contributed by atoms with Gasteiger partial charge in [-0.1, -0.05) is 36.4 Å². The van der Waals surface area contributed by atoms with E-state index in [4.69, 9.17) is 4.98 Å². The molecule has 0 aliphatic rings. The Morgan fingerprint density at radius 1 is 0.792 bits per heavy atom. The lowest BCUT2D eigenvalue weighted by Crippen LogP contribution is -1.97. The van der Waals surface area contributed by atoms with Gasteiger partial charge < -0.3 is 5.11 Å². The Labute approximate surface area is 139 Å². The third kappa shape index (κ3) is 2.58. The van der Waals surface area contributed by atoms with Crippen molar-refractivity contribution in [2.24, 2.45) is 0 Å². The molecule has 4 heteroatoms. The van der Waals surface area contributed by atoms with Gasteiger partial charge in [-0.2, -0.15) is 0 Å². The van der Waals surface area contributed by atoms with Gasteiger partial charge in [0.2, 0.25) is 0 Å². The molecular formula is C20H15N3O. The molecule has 24 heavy (non-hydrogen) atoms. The number of pyridine rings is 1. The predicted octanol–water partition coefficient (Wildman–Crippen LogP) is 4.37. The van der Waals surface area contributed by atoms with E-state index in [1.54, 1.807) is 12.1 Å². The number of aromatic hydroxyl groups is 1. The van der Waals surface area contributed by atoms with Crippen molar-refractivity contribution in [3.05, 3.63) is 72.4 Å². The maximum Gasteiger partial charge on any atom is 0.179 e. The van der Waals surface area contributed by atoms with Crippen molar-refractivity contribution in [1.82, 2.24) is 15.0 Å². The van der Waals surface area contributed by atoms with Crippen LogP contribution in [0.4, 0.5) is 0 Å². The van der Waals surface area contributed by atoms with Crippen molar-refractivity contribution in [2.75, 3.05) is 0 Å². The molecule has 0 radical (unpaired) electrons. The van der Waals surface area contributed by atoms with E-state index in [9.17, 15) is 5.11 Å². The summed E-state index contributed by atoms with van der Waals surface area (Å²) in [7, 11) is 0. The van der Waals surface area contributed by atoms with Crippen molar-refractivity contribution in [1.29, 1.82) is 0 Å². The molecule has 2 aromatic heterocycles. The molecule has 0 amide bonds. The third-order valence-corrected chi connectivity index (χ3v) is 3.84. The van der Waals surface area contributed by atoms with Crippen LogP contribution in [0.5, 0.6) is 5.75 Å². The normalized spacial score (nSPS) is 10.9. The van der Waals surface area contributed by atoms with Crippen LogP contribution in [0.1, 0.15) is 5.69 Å². The fourth-order valence-electron chi connectivity index (χ4n) is 2.73. The minimum Gasteiger partial charge on any atom is -0.508 e. The average molecular weight is 313 g/mol. The van der Waals surface area contributed by atoms with Gasteiger partial charge in [-0.25, -0.2) is 15.0 Å². The van der Waals surface area contributed by atoms with Crippen LogP contribution in [-0.2, 0) is 0 Å². The Bertz CT molecular complexity index is 1040. The highest BCUT2D eigenvalue weighted by Gasteiger charge is 2.12. The lowest BCUT2D eigenvalue weighted by atomic mass is 10.1. The molecular weight excluding hydrogens is 298 g/mol. The monoisotopic (exact) mass is 313 g/mol. The lowest BCUT2D eigenvalue weighted by Gasteiger charge is -2.09. The van der Waals surface area contributed by atoms with E-state index < -0.39 is 0 Å². The number of phenolic OH excluding ortho intramolecular Hbond substituents is 1. The highest BCUT2D eigenvalue weighted by Crippen LogP contribution is 2.30. The minimum atomic E-state index is 0.213. The first kappa shape index (κ1) is 14.3. The summed E-state index contributed by atoms with van der Waals surface area (Å²) < 4.78 is 0. The molecule has 0 aliphatic heterocycles. The van der Waals surface area contributed by atoms with Crippen LogP contribution in [-0.4, -0.2) is 20.1 Å². The number of hydrogen-bond acceptors (Lipinski definition) is 4. The molecule has 116 valence electrons. The zero-order valence-electron chi connectivity index (χ0n) is 13.1. The Morgan fingerprint density at radius 3 is 2.46 bits per heavy atom. The van der Waals surface area contributed by atoms with Gasteiger partial charge in [-0.3, -0.25) is 0 Å². The molecule has 0 saturated carbocycles. The number of aromatic nitrogens is 3. The summed E-state index contributed by atoms with van der Waals surface area (Å²) in [6.07, 6.45) is 0. The number of rotatable bonds is 2. The van der Waals surface area contributed by atoms with E-state index >= 15 is 0 Å². The Morgan fingerprint density at radius 2 is 1.62 bits per heavy atom. The zero-order valence-corrected chi connectivity index (χ0v) is 13.1. The number of phenols is 1. The molecule has 0 atom stereocenters. The minimum absolute atomic E-state index is 0.213. The van der Waals surface area contributed by atoms with Gasteiger partial charge in [-0.05, 0) is 37.3 Å². The van der Waals surface area contributed by atoms with Crippen LogP contribution in [0.25, 0.3) is 33.7 Å². The predicted molar refractivity (Wildman–Crippen MR) is 94.6 cm³/mol. The molecule has 0 spiro atoms. The maximum atomic E-state index is 9.81. The molecule has 1 N–H and O–H groups in total. The zero-order chi connectivity index (χ0) is 16.5. The molecule has 4 rings (SSSR count). The van der Waals surface area contributed by atoms with Crippen LogP contribution in [0.2, 0.25) is 0 Å². The first-order valence-corrected chi connectivity index (χ1v) is 7.71. The van der Waals surface area contributed by atoms with Gasteiger partial charge in [-0.15, -0.1) is 0 Å². The van der Waals surface area contributed by atoms with Crippen LogP contribution < -0.4 is 0 Å². The second-order valence-electron chi connectivity index (χ2n) is 5.63. The Balaban J connectivity index is 2.01. The number of benzene rings is 2. The summed E-state index contributed by atoms with van der Waals surface area (Å²) >= 11 is 0. The van der Waals surface area contributed by atoms with Gasteiger partial charge >= 0.3 is 0 Å². The van der Waals surface area contributed by atoms with Gasteiger partial charge in [0.15, 0.2) is 5.82 Å². The topological polar surface area (TPSA) is 58.9 Å². The molecule has 0 unspecified atom stereocenters. The Kier molecular flexibility index (Phi) is 3.43. The number of aryl methyl sites for hydroxylation is 1. The van der Waals surface area contributed by atoms with Crippen molar-refractivity contribution >= 4 is 10.9 Å². The lowest BCUT2D eigenvalue weighted by molar-refractivity contribution is 0.475. The number of para-hydroxylation sites is 1. The molecule has 2 aromatic carbocycles. The van der Waals surface area contributed by atoms with Crippen molar-refractivity contribution in [3.8, 4) is 28.5 Å². The van der Waals surface area contributed by atoms with E-state index in [2.05, 4.69) is 9.97 Å². The van der Waals surface area contributed by atoms with Crippen molar-refractivity contribution in [3.63, 3.8) is 0 Å². The van der Waals surface area contributed by atoms with E-state index in [-0.39, 0.29) is 5.75 Å². The summed E-state index contributed by atoms with van der Waals surface area (Å²) in [5, 5.41) is 10.8. The second-order valence-corrected chi connectivity index (χ2v) is 5.63. The SMILES string of the molecule is Cc1cccc(-c2nc(-c3cccc(O)c3)c3ccccc3n2)n1. The highest BCUT2D eigenvalue weighted by atomic mass is 16.3. The van der Waals surface area contributed by atoms with E-state index in [1.165, 1.54) is 0 Å². The summed E-state index contributed by atoms with van der Waals surface area (Å²) in [4.78, 5) is 13.9. The van der Waals surface area contributed by atoms with E-state index in [0.29, 0.717) is 5.82 Å². The van der Waals surface area contributed by atoms with E-state index in [0.717, 1.165) is 33.5 Å². The first-order valence-electron chi connectivity index (χ1n) is 7.71. The smallest absolute Gasteiger partial charge is 0.179 e. The maximum absolute atomic E-state index is 9.81. The van der Waals surface area contributed by atoms with Crippen LogP contribution in [0.15, 0.2) is 66.7 Å². The second kappa shape index (κ2) is 5.74. The molecule has 0 aliphatic carbocycles. The van der Waals surface area contributed by atoms with Gasteiger partial charge in [0.1, 0.15) is 11.4 Å². The molecule has 4 nitrogen and oxygen atoms in total. The molecule has 0 fully saturated rings. The summed E-state index contributed by atoms with van der Waals surface area (Å²) in [6.45, 7) is 1.95. The highest BCUT2D eigenvalue weighted by molar-refractivity contribution is 5.93. The molecule has 2 heterocycles. The quantitative estimate of drug-likeness (QED) is 0.597. The fourth-order valence-corrected chi connectivity index (χ4v) is 2.73. The number of nitrogens with zero attached hydrogens (tertiary/aromatic N) is 3. The van der Waals surface area contributed by atoms with Crippen LogP contribution in [0.3, 0.4) is 0 Å². The molecule has 0 saturated heterocycles. The standard InChI is InChI=1S/C20H15N3O/c1-13-6-4-11-18(21-13)20-22-17-10-3-2-9-16(17)19(23-20)14-7-5-8-15(24)12-14/h2-12,24H,1H3. The molecule has 4 aromatic rings. The van der Waals surface area contributed by atoms with Crippen LogP contribution in [0, 0.1) is 6.92 Å². The number of hydrogen-bond donors (Lipinski definition) is 1. The largest absolute Gasteiger partial charge is 0.508 e. The van der Waals surface area contributed by atoms with Gasteiger partial charge in [0.05, 0.1) is 11.2 Å². The summed E-state index contributed by atoms with van der Waals surface area (Å²) in [6, 6.07) is 20.8. The van der Waals surface area contributed by atoms with Gasteiger partial charge in [0, 0.05) is 16.6 Å². The molecule has 0 bridgehead atoms. The summed E-state index contributed by atoms with van der Waals surface area (Å²) in [5.74, 6) is 0.793. The van der Waals surface area contributed by atoms with Gasteiger partial charge in [0.25, 0.3) is 0 Å². The fraction of sp³-hybridized carbons (Fsp3) is 0.0500. The Hall–Kier alpha value is -3.27. The third-order valence-electron chi connectivity index (χ3n) is 3.84. The van der Waals surface area contributed by atoms with Crippen molar-refractivity contribution < 1.29 is 5.11 Å². The van der Waals surface area contributed by atoms with Crippen molar-refractivity contribution in [2.45, 2.75) is 6.92 Å². The average Bonchev–Trinajstić information content (AvgIpc) is 2.61. The van der Waals surface area contributed by atoms with E-state index in [1.807, 2.05) is 61.5 Å².